The van der Waals surface area contributed by atoms with E-state index >= 15 is 0 Å². The van der Waals surface area contributed by atoms with Crippen LogP contribution >= 0.6 is 0 Å². The number of ether oxygens (including phenoxy) is 1. The van der Waals surface area contributed by atoms with Gasteiger partial charge in [0.15, 0.2) is 0 Å². The number of hydrogen-bond acceptors (Lipinski definition) is 4. The number of hydrazine groups is 1. The molecular weight excluding hydrogens is 240 g/mol. The first kappa shape index (κ1) is 14.5. The van der Waals surface area contributed by atoms with Gasteiger partial charge in [0.25, 0.3) is 0 Å². The fraction of sp³-hybridized carbons (Fsp3) is 0.786. The Morgan fingerprint density at radius 3 is 2.84 bits per heavy atom. The zero-order valence-corrected chi connectivity index (χ0v) is 12.2. The third-order valence-corrected chi connectivity index (χ3v) is 4.00. The highest BCUT2D eigenvalue weighted by atomic mass is 16.5. The van der Waals surface area contributed by atoms with Crippen LogP contribution in [0.25, 0.3) is 0 Å². The Morgan fingerprint density at radius 2 is 2.32 bits per heavy atom. The van der Waals surface area contributed by atoms with Gasteiger partial charge in [0.2, 0.25) is 0 Å². The van der Waals surface area contributed by atoms with Gasteiger partial charge in [-0.2, -0.15) is 5.10 Å². The number of hydrogen-bond donors (Lipinski definition) is 2. The minimum Gasteiger partial charge on any atom is -0.378 e. The van der Waals surface area contributed by atoms with Gasteiger partial charge in [-0.05, 0) is 45.1 Å². The Morgan fingerprint density at radius 1 is 1.58 bits per heavy atom. The first-order valence-electron chi connectivity index (χ1n) is 7.19. The molecular formula is C14H26N4O. The van der Waals surface area contributed by atoms with Crippen molar-refractivity contribution in [3.05, 3.63) is 17.5 Å². The second-order valence-electron chi connectivity index (χ2n) is 5.62. The second kappa shape index (κ2) is 6.50. The lowest BCUT2D eigenvalue weighted by Gasteiger charge is -2.36. The van der Waals surface area contributed by atoms with Gasteiger partial charge >= 0.3 is 0 Å². The summed E-state index contributed by atoms with van der Waals surface area (Å²) in [5, 5.41) is 4.38. The van der Waals surface area contributed by atoms with Gasteiger partial charge in [-0.3, -0.25) is 16.0 Å². The highest BCUT2D eigenvalue weighted by molar-refractivity contribution is 5.10. The topological polar surface area (TPSA) is 65.1 Å². The van der Waals surface area contributed by atoms with Gasteiger partial charge in [0.1, 0.15) is 0 Å². The van der Waals surface area contributed by atoms with E-state index in [1.54, 1.807) is 0 Å². The monoisotopic (exact) mass is 266 g/mol. The Balaban J connectivity index is 1.80. The molecule has 108 valence electrons. The Labute approximate surface area is 115 Å². The first-order chi connectivity index (χ1) is 9.12. The lowest BCUT2D eigenvalue weighted by Crippen LogP contribution is -2.42. The van der Waals surface area contributed by atoms with Gasteiger partial charge in [0, 0.05) is 31.8 Å². The van der Waals surface area contributed by atoms with Crippen molar-refractivity contribution < 1.29 is 4.74 Å². The molecule has 0 amide bonds. The maximum Gasteiger partial charge on any atom is 0.0596 e. The van der Waals surface area contributed by atoms with Crippen molar-refractivity contribution in [2.24, 2.45) is 18.8 Å². The minimum atomic E-state index is 0.322. The lowest BCUT2D eigenvalue weighted by atomic mass is 9.77. The second-order valence-corrected chi connectivity index (χ2v) is 5.62. The predicted octanol–water partition coefficient (Wildman–Crippen LogP) is 1.31. The molecule has 5 heteroatoms. The minimum absolute atomic E-state index is 0.322. The van der Waals surface area contributed by atoms with Gasteiger partial charge in [-0.1, -0.05) is 0 Å². The van der Waals surface area contributed by atoms with E-state index in [4.69, 9.17) is 10.6 Å². The summed E-state index contributed by atoms with van der Waals surface area (Å²) in [6.07, 6.45) is 4.88. The van der Waals surface area contributed by atoms with Crippen LogP contribution in [0.1, 0.15) is 37.6 Å². The van der Waals surface area contributed by atoms with Gasteiger partial charge in [-0.15, -0.1) is 0 Å². The summed E-state index contributed by atoms with van der Waals surface area (Å²) in [5.41, 5.74) is 5.25. The molecule has 1 saturated carbocycles. The fourth-order valence-corrected chi connectivity index (χ4v) is 2.96. The van der Waals surface area contributed by atoms with E-state index < -0.39 is 0 Å². The summed E-state index contributed by atoms with van der Waals surface area (Å²) in [5.74, 6) is 6.43. The summed E-state index contributed by atoms with van der Waals surface area (Å²) in [4.78, 5) is 0. The summed E-state index contributed by atoms with van der Waals surface area (Å²) in [7, 11) is 1.99. The van der Waals surface area contributed by atoms with Gasteiger partial charge < -0.3 is 4.74 Å². The summed E-state index contributed by atoms with van der Waals surface area (Å²) < 4.78 is 7.55. The van der Waals surface area contributed by atoms with Crippen LogP contribution in [0.4, 0.5) is 0 Å². The van der Waals surface area contributed by atoms with Crippen molar-refractivity contribution in [1.29, 1.82) is 0 Å². The smallest absolute Gasteiger partial charge is 0.0596 e. The highest BCUT2D eigenvalue weighted by Crippen LogP contribution is 2.33. The standard InChI is InChI=1S/C14H26N4O/c1-4-19-14-7-11(8-14)6-12(16-15)9-13-5-10(2)17-18(13)3/h5,11-12,14,16H,4,6-9,15H2,1-3H3. The summed E-state index contributed by atoms with van der Waals surface area (Å²) in [6, 6.07) is 2.45. The molecule has 0 spiro atoms. The Hall–Kier alpha value is -0.910. The van der Waals surface area contributed by atoms with E-state index in [-0.39, 0.29) is 0 Å². The Kier molecular flexibility index (Phi) is 4.96. The zero-order chi connectivity index (χ0) is 13.8. The highest BCUT2D eigenvalue weighted by Gasteiger charge is 2.31. The third kappa shape index (κ3) is 3.78. The molecule has 0 bridgehead atoms. The summed E-state index contributed by atoms with van der Waals surface area (Å²) in [6.45, 7) is 4.90. The molecule has 1 fully saturated rings. The lowest BCUT2D eigenvalue weighted by molar-refractivity contribution is -0.0290. The van der Waals surface area contributed by atoms with E-state index in [0.29, 0.717) is 12.1 Å². The van der Waals surface area contributed by atoms with E-state index in [1.165, 1.54) is 18.5 Å². The molecule has 1 atom stereocenters. The van der Waals surface area contributed by atoms with Crippen molar-refractivity contribution in [3.8, 4) is 0 Å². The van der Waals surface area contributed by atoms with Gasteiger partial charge in [-0.25, -0.2) is 0 Å². The average Bonchev–Trinajstić information content (AvgIpc) is 2.63. The molecule has 19 heavy (non-hydrogen) atoms. The van der Waals surface area contributed by atoms with E-state index in [2.05, 4.69) is 23.5 Å². The molecule has 1 unspecified atom stereocenters. The maximum atomic E-state index is 5.69. The van der Waals surface area contributed by atoms with Crippen LogP contribution in [0.5, 0.6) is 0 Å². The normalized spacial score (nSPS) is 24.2. The number of nitrogens with one attached hydrogen (secondary N) is 1. The zero-order valence-electron chi connectivity index (χ0n) is 12.2. The van der Waals surface area contributed by atoms with E-state index in [0.717, 1.165) is 31.1 Å². The van der Waals surface area contributed by atoms with Crippen molar-refractivity contribution in [2.75, 3.05) is 6.61 Å². The summed E-state index contributed by atoms with van der Waals surface area (Å²) >= 11 is 0. The van der Waals surface area contributed by atoms with Crippen LogP contribution in [0.2, 0.25) is 0 Å². The quantitative estimate of drug-likeness (QED) is 0.577. The molecule has 0 saturated heterocycles. The van der Waals surface area contributed by atoms with Crippen LogP contribution in [0.15, 0.2) is 6.07 Å². The first-order valence-corrected chi connectivity index (χ1v) is 7.19. The van der Waals surface area contributed by atoms with Crippen LogP contribution < -0.4 is 11.3 Å². The molecule has 3 N–H and O–H groups in total. The molecule has 0 radical (unpaired) electrons. The van der Waals surface area contributed by atoms with Crippen LogP contribution in [0, 0.1) is 12.8 Å². The average molecular weight is 266 g/mol. The maximum absolute atomic E-state index is 5.69. The molecule has 1 aromatic rings. The van der Waals surface area contributed by atoms with Crippen molar-refractivity contribution in [3.63, 3.8) is 0 Å². The van der Waals surface area contributed by atoms with Crippen molar-refractivity contribution >= 4 is 0 Å². The number of aryl methyl sites for hydroxylation is 2. The SMILES string of the molecule is CCOC1CC(CC(Cc2cc(C)nn2C)NN)C1. The number of nitrogens with zero attached hydrogens (tertiary/aromatic N) is 2. The molecule has 1 aliphatic carbocycles. The predicted molar refractivity (Wildman–Crippen MR) is 75.5 cm³/mol. The molecule has 5 nitrogen and oxygen atoms in total. The fourth-order valence-electron chi connectivity index (χ4n) is 2.96. The largest absolute Gasteiger partial charge is 0.378 e. The molecule has 2 rings (SSSR count). The van der Waals surface area contributed by atoms with E-state index in [9.17, 15) is 0 Å². The molecule has 1 aromatic heterocycles. The molecule has 1 heterocycles. The van der Waals surface area contributed by atoms with E-state index in [1.807, 2.05) is 18.7 Å². The van der Waals surface area contributed by atoms with Crippen molar-refractivity contribution in [2.45, 2.75) is 51.7 Å². The third-order valence-electron chi connectivity index (χ3n) is 4.00. The number of aromatic nitrogens is 2. The van der Waals surface area contributed by atoms with Crippen LogP contribution in [-0.2, 0) is 18.2 Å². The van der Waals surface area contributed by atoms with Crippen LogP contribution in [0.3, 0.4) is 0 Å². The number of rotatable bonds is 7. The van der Waals surface area contributed by atoms with Crippen LogP contribution in [-0.4, -0.2) is 28.5 Å². The van der Waals surface area contributed by atoms with Gasteiger partial charge in [0.05, 0.1) is 11.8 Å². The Bertz CT molecular complexity index is 398. The molecule has 0 aromatic carbocycles. The number of nitrogens with two attached hydrogens (primary N) is 1. The molecule has 1 aliphatic rings. The van der Waals surface area contributed by atoms with Crippen molar-refractivity contribution in [1.82, 2.24) is 15.2 Å². The molecule has 0 aliphatic heterocycles.